The summed E-state index contributed by atoms with van der Waals surface area (Å²) in [5.41, 5.74) is 0.279. The molecule has 1 aliphatic rings. The van der Waals surface area contributed by atoms with Gasteiger partial charge in [0.15, 0.2) is 0 Å². The molecule has 1 heterocycles. The van der Waals surface area contributed by atoms with Crippen LogP contribution in [-0.2, 0) is 14.8 Å². The Balaban J connectivity index is 1.83. The highest BCUT2D eigenvalue weighted by Gasteiger charge is 2.41. The summed E-state index contributed by atoms with van der Waals surface area (Å²) >= 11 is 11.8. The molecule has 0 saturated heterocycles. The third-order valence-electron chi connectivity index (χ3n) is 3.42. The number of carbonyl (C=O) groups is 2. The van der Waals surface area contributed by atoms with E-state index >= 15 is 0 Å². The Bertz CT molecular complexity index is 960. The summed E-state index contributed by atoms with van der Waals surface area (Å²) in [6.45, 7) is -0.654. The first kappa shape index (κ1) is 16.8. The van der Waals surface area contributed by atoms with Crippen molar-refractivity contribution in [3.8, 4) is 0 Å². The van der Waals surface area contributed by atoms with Crippen LogP contribution in [0.2, 0.25) is 10.0 Å². The van der Waals surface area contributed by atoms with Crippen molar-refractivity contribution in [1.29, 1.82) is 0 Å². The van der Waals surface area contributed by atoms with Crippen molar-refractivity contribution < 1.29 is 18.0 Å². The molecule has 0 aromatic heterocycles. The molecule has 1 N–H and O–H groups in total. The summed E-state index contributed by atoms with van der Waals surface area (Å²) in [5, 5.41) is 2.82. The van der Waals surface area contributed by atoms with Crippen molar-refractivity contribution in [1.82, 2.24) is 4.31 Å². The lowest BCUT2D eigenvalue weighted by Gasteiger charge is -2.15. The predicted octanol–water partition coefficient (Wildman–Crippen LogP) is 2.78. The molecule has 0 fully saturated rings. The van der Waals surface area contributed by atoms with Crippen molar-refractivity contribution in [2.24, 2.45) is 0 Å². The van der Waals surface area contributed by atoms with Gasteiger partial charge in [-0.05, 0) is 24.3 Å². The maximum atomic E-state index is 12.4. The number of fused-ring (bicyclic) bond motifs is 1. The molecule has 0 radical (unpaired) electrons. The number of anilines is 1. The zero-order valence-electron chi connectivity index (χ0n) is 12.0. The van der Waals surface area contributed by atoms with E-state index in [0.29, 0.717) is 4.31 Å². The number of amides is 2. The lowest BCUT2D eigenvalue weighted by Crippen LogP contribution is -2.37. The molecule has 124 valence electrons. The Morgan fingerprint density at radius 2 is 1.79 bits per heavy atom. The number of hydrogen-bond acceptors (Lipinski definition) is 4. The van der Waals surface area contributed by atoms with Crippen molar-refractivity contribution >= 4 is 50.7 Å². The summed E-state index contributed by atoms with van der Waals surface area (Å²) in [6.07, 6.45) is 0. The van der Waals surface area contributed by atoms with Gasteiger partial charge in [0.05, 0.1) is 21.3 Å². The number of rotatable bonds is 3. The molecular weight excluding hydrogens is 375 g/mol. The largest absolute Gasteiger partial charge is 0.323 e. The second-order valence-electron chi connectivity index (χ2n) is 4.96. The second-order valence-corrected chi connectivity index (χ2v) is 7.58. The summed E-state index contributed by atoms with van der Waals surface area (Å²) in [7, 11) is -4.04. The highest BCUT2D eigenvalue weighted by Crippen LogP contribution is 2.31. The van der Waals surface area contributed by atoms with Gasteiger partial charge in [0.25, 0.3) is 15.9 Å². The van der Waals surface area contributed by atoms with Crippen LogP contribution in [0.15, 0.2) is 47.4 Å². The molecule has 1 aliphatic heterocycles. The Kier molecular flexibility index (Phi) is 4.25. The molecule has 6 nitrogen and oxygen atoms in total. The summed E-state index contributed by atoms with van der Waals surface area (Å²) in [5.74, 6) is -1.44. The molecular formula is C15H10Cl2N2O4S. The maximum Gasteiger partial charge on any atom is 0.269 e. The predicted molar refractivity (Wildman–Crippen MR) is 89.8 cm³/mol. The molecule has 0 unspecified atom stereocenters. The van der Waals surface area contributed by atoms with Crippen LogP contribution in [0.25, 0.3) is 0 Å². The lowest BCUT2D eigenvalue weighted by molar-refractivity contribution is -0.116. The highest BCUT2D eigenvalue weighted by molar-refractivity contribution is 7.90. The molecule has 0 atom stereocenters. The Morgan fingerprint density at radius 1 is 1.08 bits per heavy atom. The monoisotopic (exact) mass is 384 g/mol. The number of nitrogens with one attached hydrogen (secondary N) is 1. The molecule has 2 amide bonds. The van der Waals surface area contributed by atoms with Gasteiger partial charge in [-0.15, -0.1) is 0 Å². The fraction of sp³-hybridized carbons (Fsp3) is 0.0667. The molecule has 0 saturated carbocycles. The van der Waals surface area contributed by atoms with Crippen LogP contribution >= 0.6 is 23.2 Å². The third-order valence-corrected chi connectivity index (χ3v) is 6.03. The number of benzene rings is 2. The van der Waals surface area contributed by atoms with E-state index in [1.54, 1.807) is 18.2 Å². The molecule has 0 bridgehead atoms. The van der Waals surface area contributed by atoms with Gasteiger partial charge in [-0.2, -0.15) is 0 Å². The van der Waals surface area contributed by atoms with Crippen LogP contribution < -0.4 is 5.32 Å². The zero-order valence-corrected chi connectivity index (χ0v) is 14.3. The van der Waals surface area contributed by atoms with Gasteiger partial charge in [0.2, 0.25) is 5.91 Å². The van der Waals surface area contributed by atoms with Gasteiger partial charge in [-0.3, -0.25) is 9.59 Å². The molecule has 9 heteroatoms. The number of halogens is 2. The standard InChI is InChI=1S/C15H10Cl2N2O4S/c16-10-5-3-6-11(14(10)17)18-13(20)8-19-15(21)9-4-1-2-7-12(9)24(19,22)23/h1-7H,8H2,(H,18,20). The Labute approximate surface area is 148 Å². The van der Waals surface area contributed by atoms with Gasteiger partial charge in [-0.25, -0.2) is 12.7 Å². The number of hydrogen-bond donors (Lipinski definition) is 1. The maximum absolute atomic E-state index is 12.4. The first-order chi connectivity index (χ1) is 11.3. The first-order valence-corrected chi connectivity index (χ1v) is 8.92. The normalized spacial score (nSPS) is 15.2. The minimum atomic E-state index is -4.04. The van der Waals surface area contributed by atoms with Gasteiger partial charge in [0.1, 0.15) is 11.4 Å². The molecule has 2 aromatic carbocycles. The van der Waals surface area contributed by atoms with E-state index < -0.39 is 28.4 Å². The molecule has 0 aliphatic carbocycles. The van der Waals surface area contributed by atoms with E-state index in [0.717, 1.165) is 0 Å². The van der Waals surface area contributed by atoms with Crippen LogP contribution in [0.5, 0.6) is 0 Å². The average Bonchev–Trinajstić information content (AvgIpc) is 2.73. The van der Waals surface area contributed by atoms with Crippen molar-refractivity contribution in [3.05, 3.63) is 58.1 Å². The number of nitrogens with zero attached hydrogens (tertiary/aromatic N) is 1. The van der Waals surface area contributed by atoms with Crippen LogP contribution in [0.1, 0.15) is 10.4 Å². The van der Waals surface area contributed by atoms with Crippen LogP contribution in [0.3, 0.4) is 0 Å². The molecule has 24 heavy (non-hydrogen) atoms. The van der Waals surface area contributed by atoms with Gasteiger partial charge in [-0.1, -0.05) is 41.4 Å². The van der Waals surface area contributed by atoms with Crippen molar-refractivity contribution in [3.63, 3.8) is 0 Å². The molecule has 2 aromatic rings. The molecule has 3 rings (SSSR count). The van der Waals surface area contributed by atoms with Crippen LogP contribution in [-0.4, -0.2) is 31.1 Å². The zero-order chi connectivity index (χ0) is 17.5. The quantitative estimate of drug-likeness (QED) is 0.881. The summed E-state index contributed by atoms with van der Waals surface area (Å²) in [4.78, 5) is 24.3. The van der Waals surface area contributed by atoms with Gasteiger partial charge >= 0.3 is 0 Å². The number of carbonyl (C=O) groups excluding carboxylic acids is 2. The van der Waals surface area contributed by atoms with Crippen molar-refractivity contribution in [2.45, 2.75) is 4.90 Å². The summed E-state index contributed by atoms with van der Waals surface area (Å²) in [6, 6.07) is 10.4. The smallest absolute Gasteiger partial charge is 0.269 e. The minimum Gasteiger partial charge on any atom is -0.323 e. The van der Waals surface area contributed by atoms with E-state index in [2.05, 4.69) is 5.32 Å². The van der Waals surface area contributed by atoms with Crippen LogP contribution in [0, 0.1) is 0 Å². The fourth-order valence-corrected chi connectivity index (χ4v) is 4.18. The van der Waals surface area contributed by atoms with Gasteiger partial charge < -0.3 is 5.32 Å². The molecule has 0 spiro atoms. The summed E-state index contributed by atoms with van der Waals surface area (Å²) < 4.78 is 25.3. The third kappa shape index (κ3) is 2.75. The average molecular weight is 385 g/mol. The van der Waals surface area contributed by atoms with E-state index in [-0.39, 0.29) is 26.2 Å². The number of sulfonamides is 1. The van der Waals surface area contributed by atoms with E-state index in [1.165, 1.54) is 24.3 Å². The fourth-order valence-electron chi connectivity index (χ4n) is 2.31. The Hall–Kier alpha value is -2.09. The van der Waals surface area contributed by atoms with Crippen LogP contribution in [0.4, 0.5) is 5.69 Å². The highest BCUT2D eigenvalue weighted by atomic mass is 35.5. The van der Waals surface area contributed by atoms with E-state index in [4.69, 9.17) is 23.2 Å². The van der Waals surface area contributed by atoms with E-state index in [9.17, 15) is 18.0 Å². The van der Waals surface area contributed by atoms with E-state index in [1.807, 2.05) is 0 Å². The SMILES string of the molecule is O=C(CN1C(=O)c2ccccc2S1(=O)=O)Nc1cccc(Cl)c1Cl. The second kappa shape index (κ2) is 6.08. The lowest BCUT2D eigenvalue weighted by atomic mass is 10.2. The minimum absolute atomic E-state index is 0.0473. The van der Waals surface area contributed by atoms with Crippen molar-refractivity contribution in [2.75, 3.05) is 11.9 Å². The first-order valence-electron chi connectivity index (χ1n) is 6.72. The topological polar surface area (TPSA) is 83.6 Å². The Morgan fingerprint density at radius 3 is 2.50 bits per heavy atom. The van der Waals surface area contributed by atoms with Gasteiger partial charge in [0, 0.05) is 0 Å².